The first-order chi connectivity index (χ1) is 5.39. The van der Waals surface area contributed by atoms with E-state index < -0.39 is 10.4 Å². The molecule has 0 saturated carbocycles. The summed E-state index contributed by atoms with van der Waals surface area (Å²) < 4.78 is 31.6. The molecule has 0 spiro atoms. The van der Waals surface area contributed by atoms with E-state index in [2.05, 4.69) is 19.1 Å². The maximum Gasteiger partial charge on any atom is 0.394 e. The van der Waals surface area contributed by atoms with Gasteiger partial charge in [0.2, 0.25) is 0 Å². The van der Waals surface area contributed by atoms with Gasteiger partial charge in [0, 0.05) is 17.1 Å². The molecule has 0 heterocycles. The number of aryl methyl sites for hydroxylation is 1. The zero-order valence-electron chi connectivity index (χ0n) is 6.86. The maximum atomic E-state index is 8.74. The van der Waals surface area contributed by atoms with Crippen molar-refractivity contribution in [1.82, 2.24) is 0 Å². The molecule has 6 heteroatoms. The van der Waals surface area contributed by atoms with Gasteiger partial charge in [-0.15, -0.1) is 0 Å². The van der Waals surface area contributed by atoms with E-state index in [1.165, 1.54) is 5.56 Å². The molecule has 4 nitrogen and oxygen atoms in total. The summed E-state index contributed by atoms with van der Waals surface area (Å²) in [5.41, 5.74) is 1.32. The van der Waals surface area contributed by atoms with Gasteiger partial charge in [-0.3, -0.25) is 9.11 Å². The average Bonchev–Trinajstić information content (AvgIpc) is 1.85. The molecule has 0 aliphatic rings. The molecular formula is C7H10FeO4S. The van der Waals surface area contributed by atoms with Gasteiger partial charge in [0.15, 0.2) is 0 Å². The molecule has 0 bridgehead atoms. The van der Waals surface area contributed by atoms with Gasteiger partial charge in [0.25, 0.3) is 0 Å². The van der Waals surface area contributed by atoms with Crippen LogP contribution < -0.4 is 0 Å². The fourth-order valence-corrected chi connectivity index (χ4v) is 0.534. The summed E-state index contributed by atoms with van der Waals surface area (Å²) in [7, 11) is -4.67. The van der Waals surface area contributed by atoms with Crippen LogP contribution >= 0.6 is 0 Å². The van der Waals surface area contributed by atoms with Crippen LogP contribution in [-0.4, -0.2) is 17.5 Å². The summed E-state index contributed by atoms with van der Waals surface area (Å²) in [5, 5.41) is 0. The standard InChI is InChI=1S/C7H8.Fe.H2O4S/c1-7-5-3-2-4-6-7;;1-5(2,3)4/h2-6H,1H3;;(H2,1,2,3,4). The van der Waals surface area contributed by atoms with E-state index in [1.54, 1.807) is 0 Å². The third-order valence-electron chi connectivity index (χ3n) is 0.940. The van der Waals surface area contributed by atoms with Crippen molar-refractivity contribution >= 4 is 10.4 Å². The average molecular weight is 246 g/mol. The summed E-state index contributed by atoms with van der Waals surface area (Å²) in [4.78, 5) is 0. The predicted molar refractivity (Wildman–Crippen MR) is 45.4 cm³/mol. The number of hydrogen-bond donors (Lipinski definition) is 2. The van der Waals surface area contributed by atoms with Crippen molar-refractivity contribution in [3.05, 3.63) is 35.9 Å². The van der Waals surface area contributed by atoms with Gasteiger partial charge in [-0.1, -0.05) is 35.9 Å². The summed E-state index contributed by atoms with van der Waals surface area (Å²) in [6.45, 7) is 2.08. The summed E-state index contributed by atoms with van der Waals surface area (Å²) >= 11 is 0. The van der Waals surface area contributed by atoms with Gasteiger partial charge in [0.05, 0.1) is 0 Å². The molecular weight excluding hydrogens is 236 g/mol. The van der Waals surface area contributed by atoms with Crippen LogP contribution in [0, 0.1) is 6.92 Å². The quantitative estimate of drug-likeness (QED) is 0.535. The molecule has 0 saturated heterocycles. The molecule has 0 aromatic heterocycles. The van der Waals surface area contributed by atoms with Crippen molar-refractivity contribution < 1.29 is 34.6 Å². The molecule has 76 valence electrons. The Morgan fingerprint density at radius 1 is 1.08 bits per heavy atom. The van der Waals surface area contributed by atoms with E-state index in [0.29, 0.717) is 0 Å². The Hall–Kier alpha value is -0.391. The first-order valence-corrected chi connectivity index (χ1v) is 4.51. The van der Waals surface area contributed by atoms with Gasteiger partial charge in [0.1, 0.15) is 0 Å². The van der Waals surface area contributed by atoms with Crippen LogP contribution in [0.1, 0.15) is 5.56 Å². The second-order valence-corrected chi connectivity index (χ2v) is 3.00. The Morgan fingerprint density at radius 3 is 1.54 bits per heavy atom. The van der Waals surface area contributed by atoms with Gasteiger partial charge in [-0.05, 0) is 6.92 Å². The summed E-state index contributed by atoms with van der Waals surface area (Å²) in [6.07, 6.45) is 0. The Balaban J connectivity index is 0. The fourth-order valence-electron chi connectivity index (χ4n) is 0.534. The van der Waals surface area contributed by atoms with Crippen molar-refractivity contribution in [3.63, 3.8) is 0 Å². The Kier molecular flexibility index (Phi) is 8.19. The number of rotatable bonds is 0. The third kappa shape index (κ3) is 18.5. The van der Waals surface area contributed by atoms with Crippen LogP contribution in [0.2, 0.25) is 0 Å². The predicted octanol–water partition coefficient (Wildman–Crippen LogP) is 1.34. The molecule has 0 radical (unpaired) electrons. The van der Waals surface area contributed by atoms with Gasteiger partial charge in [-0.25, -0.2) is 0 Å². The van der Waals surface area contributed by atoms with Crippen molar-refractivity contribution in [1.29, 1.82) is 0 Å². The molecule has 13 heavy (non-hydrogen) atoms. The largest absolute Gasteiger partial charge is 0.394 e. The summed E-state index contributed by atoms with van der Waals surface area (Å²) in [6, 6.07) is 10.3. The minimum absolute atomic E-state index is 0. The second-order valence-electron chi connectivity index (χ2n) is 2.10. The van der Waals surface area contributed by atoms with E-state index in [1.807, 2.05) is 18.2 Å². The Bertz CT molecular complexity index is 301. The molecule has 2 N–H and O–H groups in total. The SMILES string of the molecule is Cc1ccccc1.O=S(=O)(O)O.[Fe]. The molecule has 1 rings (SSSR count). The maximum absolute atomic E-state index is 8.74. The first kappa shape index (κ1) is 15.1. The van der Waals surface area contributed by atoms with Crippen molar-refractivity contribution in [3.8, 4) is 0 Å². The molecule has 0 aliphatic carbocycles. The number of hydrogen-bond acceptors (Lipinski definition) is 2. The van der Waals surface area contributed by atoms with Crippen molar-refractivity contribution in [2.24, 2.45) is 0 Å². The van der Waals surface area contributed by atoms with Crippen LogP contribution in [0.4, 0.5) is 0 Å². The zero-order chi connectivity index (χ0) is 9.61. The monoisotopic (exact) mass is 246 g/mol. The summed E-state index contributed by atoms with van der Waals surface area (Å²) in [5.74, 6) is 0. The van der Waals surface area contributed by atoms with Crippen LogP contribution in [-0.2, 0) is 27.5 Å². The van der Waals surface area contributed by atoms with Crippen LogP contribution in [0.3, 0.4) is 0 Å². The van der Waals surface area contributed by atoms with E-state index in [-0.39, 0.29) is 17.1 Å². The molecule has 0 fully saturated rings. The van der Waals surface area contributed by atoms with Crippen LogP contribution in [0.25, 0.3) is 0 Å². The normalized spacial score (nSPS) is 9.15. The first-order valence-electron chi connectivity index (χ1n) is 3.11. The number of benzene rings is 1. The second kappa shape index (κ2) is 7.06. The fraction of sp³-hybridized carbons (Fsp3) is 0.143. The minimum Gasteiger partial charge on any atom is -0.264 e. The van der Waals surface area contributed by atoms with Gasteiger partial charge in [-0.2, -0.15) is 8.42 Å². The molecule has 0 atom stereocenters. The zero-order valence-corrected chi connectivity index (χ0v) is 8.78. The van der Waals surface area contributed by atoms with E-state index in [9.17, 15) is 0 Å². The van der Waals surface area contributed by atoms with Gasteiger partial charge < -0.3 is 0 Å². The molecule has 1 aromatic rings. The molecule has 1 aromatic carbocycles. The molecule has 0 aliphatic heterocycles. The Morgan fingerprint density at radius 2 is 1.38 bits per heavy atom. The molecule has 0 unspecified atom stereocenters. The minimum atomic E-state index is -4.67. The van der Waals surface area contributed by atoms with Crippen LogP contribution in [0.15, 0.2) is 30.3 Å². The Labute approximate surface area is 88.0 Å². The third-order valence-corrected chi connectivity index (χ3v) is 0.940. The van der Waals surface area contributed by atoms with E-state index in [0.717, 1.165) is 0 Å². The van der Waals surface area contributed by atoms with Crippen LogP contribution in [0.5, 0.6) is 0 Å². The van der Waals surface area contributed by atoms with Crippen molar-refractivity contribution in [2.75, 3.05) is 0 Å². The van der Waals surface area contributed by atoms with Crippen molar-refractivity contribution in [2.45, 2.75) is 6.92 Å². The smallest absolute Gasteiger partial charge is 0.264 e. The topological polar surface area (TPSA) is 74.6 Å². The van der Waals surface area contributed by atoms with E-state index in [4.69, 9.17) is 17.5 Å². The molecule has 0 amide bonds. The van der Waals surface area contributed by atoms with E-state index >= 15 is 0 Å². The van der Waals surface area contributed by atoms with Gasteiger partial charge >= 0.3 is 10.4 Å².